The maximum absolute atomic E-state index is 13.8. The predicted octanol–water partition coefficient (Wildman–Crippen LogP) is 3.36. The molecule has 1 N–H and O–H groups in total. The van der Waals surface area contributed by atoms with Gasteiger partial charge in [0.15, 0.2) is 0 Å². The molecule has 17 heavy (non-hydrogen) atoms. The Hall–Kier alpha value is -0.450. The van der Waals surface area contributed by atoms with Gasteiger partial charge in [0.05, 0.1) is 18.3 Å². The van der Waals surface area contributed by atoms with Crippen LogP contribution in [-0.2, 0) is 10.3 Å². The third kappa shape index (κ3) is 2.69. The molecule has 2 rings (SSSR count). The van der Waals surface area contributed by atoms with Crippen molar-refractivity contribution in [2.75, 3.05) is 6.61 Å². The van der Waals surface area contributed by atoms with Crippen LogP contribution in [-0.4, -0.2) is 17.8 Å². The van der Waals surface area contributed by atoms with Crippen LogP contribution >= 0.6 is 15.9 Å². The van der Waals surface area contributed by atoms with Crippen LogP contribution in [0.15, 0.2) is 22.7 Å². The molecule has 1 aliphatic heterocycles. The van der Waals surface area contributed by atoms with E-state index in [1.807, 2.05) is 6.92 Å². The summed E-state index contributed by atoms with van der Waals surface area (Å²) in [5.74, 6) is -0.354. The standard InChI is InChI=1S/C13H16BrFO2/c1-2-10-8-13(16,5-6-17-10)11-7-9(14)3-4-12(11)15/h3-4,7,10,16H,2,5-6,8H2,1H3. The van der Waals surface area contributed by atoms with Gasteiger partial charge in [0.2, 0.25) is 0 Å². The Bertz CT molecular complexity index is 410. The lowest BCUT2D eigenvalue weighted by Gasteiger charge is -2.37. The maximum atomic E-state index is 13.8. The van der Waals surface area contributed by atoms with Gasteiger partial charge in [-0.3, -0.25) is 0 Å². The zero-order chi connectivity index (χ0) is 12.5. The molecular weight excluding hydrogens is 287 g/mol. The summed E-state index contributed by atoms with van der Waals surface area (Å²) < 4.78 is 20.1. The summed E-state index contributed by atoms with van der Waals surface area (Å²) >= 11 is 3.31. The Kier molecular flexibility index (Phi) is 3.85. The van der Waals surface area contributed by atoms with Gasteiger partial charge < -0.3 is 9.84 Å². The molecule has 2 nitrogen and oxygen atoms in total. The van der Waals surface area contributed by atoms with Gasteiger partial charge in [-0.1, -0.05) is 22.9 Å². The monoisotopic (exact) mass is 302 g/mol. The molecule has 4 heteroatoms. The van der Waals surface area contributed by atoms with Gasteiger partial charge >= 0.3 is 0 Å². The zero-order valence-electron chi connectivity index (χ0n) is 9.75. The van der Waals surface area contributed by atoms with Crippen molar-refractivity contribution in [1.29, 1.82) is 0 Å². The summed E-state index contributed by atoms with van der Waals surface area (Å²) in [6.45, 7) is 2.48. The van der Waals surface area contributed by atoms with E-state index in [4.69, 9.17) is 4.74 Å². The second-order valence-electron chi connectivity index (χ2n) is 4.51. The van der Waals surface area contributed by atoms with Crippen LogP contribution in [0.1, 0.15) is 31.7 Å². The van der Waals surface area contributed by atoms with E-state index >= 15 is 0 Å². The molecule has 2 unspecified atom stereocenters. The first-order valence-corrected chi connectivity index (χ1v) is 6.64. The van der Waals surface area contributed by atoms with Gasteiger partial charge in [-0.15, -0.1) is 0 Å². The van der Waals surface area contributed by atoms with Crippen molar-refractivity contribution in [3.8, 4) is 0 Å². The minimum atomic E-state index is -1.10. The van der Waals surface area contributed by atoms with Crippen molar-refractivity contribution in [3.63, 3.8) is 0 Å². The van der Waals surface area contributed by atoms with Crippen molar-refractivity contribution in [1.82, 2.24) is 0 Å². The van der Waals surface area contributed by atoms with E-state index in [9.17, 15) is 9.50 Å². The fourth-order valence-electron chi connectivity index (χ4n) is 2.29. The van der Waals surface area contributed by atoms with Crippen molar-refractivity contribution in [3.05, 3.63) is 34.1 Å². The largest absolute Gasteiger partial charge is 0.385 e. The van der Waals surface area contributed by atoms with Crippen molar-refractivity contribution < 1.29 is 14.2 Å². The van der Waals surface area contributed by atoms with Crippen LogP contribution in [0.3, 0.4) is 0 Å². The van der Waals surface area contributed by atoms with Gasteiger partial charge in [-0.2, -0.15) is 0 Å². The SMILES string of the molecule is CCC1CC(O)(c2cc(Br)ccc2F)CCO1. The number of halogens is 2. The molecule has 0 radical (unpaired) electrons. The molecule has 0 amide bonds. The summed E-state index contributed by atoms with van der Waals surface area (Å²) in [5, 5.41) is 10.6. The highest BCUT2D eigenvalue weighted by Gasteiger charge is 2.37. The topological polar surface area (TPSA) is 29.5 Å². The highest BCUT2D eigenvalue weighted by molar-refractivity contribution is 9.10. The summed E-state index contributed by atoms with van der Waals surface area (Å²) in [5.41, 5.74) is -0.735. The predicted molar refractivity (Wildman–Crippen MR) is 67.3 cm³/mol. The molecule has 94 valence electrons. The van der Waals surface area contributed by atoms with E-state index < -0.39 is 5.60 Å². The van der Waals surface area contributed by atoms with Gasteiger partial charge in [-0.05, 0) is 24.6 Å². The molecule has 1 aromatic rings. The zero-order valence-corrected chi connectivity index (χ0v) is 11.3. The van der Waals surface area contributed by atoms with Crippen LogP contribution in [0.5, 0.6) is 0 Å². The van der Waals surface area contributed by atoms with E-state index in [2.05, 4.69) is 15.9 Å². The Labute approximate surface area is 109 Å². The molecule has 0 bridgehead atoms. The third-order valence-corrected chi connectivity index (χ3v) is 3.81. The number of aliphatic hydroxyl groups is 1. The summed E-state index contributed by atoms with van der Waals surface area (Å²) in [7, 11) is 0. The molecule has 0 aromatic heterocycles. The van der Waals surface area contributed by atoms with Gasteiger partial charge in [0.25, 0.3) is 0 Å². The first kappa shape index (κ1) is 13.0. The van der Waals surface area contributed by atoms with E-state index in [0.717, 1.165) is 10.9 Å². The normalized spacial score (nSPS) is 29.3. The average Bonchev–Trinajstić information content (AvgIpc) is 2.32. The summed E-state index contributed by atoms with van der Waals surface area (Å²) in [6.07, 6.45) is 1.73. The molecule has 0 saturated carbocycles. The van der Waals surface area contributed by atoms with E-state index in [1.54, 1.807) is 12.1 Å². The van der Waals surface area contributed by atoms with Crippen molar-refractivity contribution in [2.24, 2.45) is 0 Å². The second-order valence-corrected chi connectivity index (χ2v) is 5.43. The highest BCUT2D eigenvalue weighted by Crippen LogP contribution is 2.37. The lowest BCUT2D eigenvalue weighted by atomic mass is 9.83. The molecule has 1 saturated heterocycles. The highest BCUT2D eigenvalue weighted by atomic mass is 79.9. The number of hydrogen-bond acceptors (Lipinski definition) is 2. The lowest BCUT2D eigenvalue weighted by Crippen LogP contribution is -2.39. The molecule has 0 spiro atoms. The number of ether oxygens (including phenoxy) is 1. The number of rotatable bonds is 2. The van der Waals surface area contributed by atoms with E-state index in [0.29, 0.717) is 25.0 Å². The Balaban J connectivity index is 2.33. The van der Waals surface area contributed by atoms with Gasteiger partial charge in [0, 0.05) is 22.9 Å². The van der Waals surface area contributed by atoms with Crippen LogP contribution in [0.2, 0.25) is 0 Å². The second kappa shape index (κ2) is 5.04. The number of benzene rings is 1. The van der Waals surface area contributed by atoms with Gasteiger partial charge in [0.1, 0.15) is 5.82 Å². The first-order chi connectivity index (χ1) is 8.05. The quantitative estimate of drug-likeness (QED) is 0.908. The molecule has 2 atom stereocenters. The van der Waals surface area contributed by atoms with Crippen LogP contribution in [0.4, 0.5) is 4.39 Å². The molecule has 1 fully saturated rings. The number of hydrogen-bond donors (Lipinski definition) is 1. The fourth-order valence-corrected chi connectivity index (χ4v) is 2.65. The average molecular weight is 303 g/mol. The Morgan fingerprint density at radius 3 is 3.06 bits per heavy atom. The molecule has 1 heterocycles. The summed E-state index contributed by atoms with van der Waals surface area (Å²) in [4.78, 5) is 0. The molecule has 0 aliphatic carbocycles. The van der Waals surface area contributed by atoms with E-state index in [1.165, 1.54) is 6.07 Å². The molecule has 1 aromatic carbocycles. The smallest absolute Gasteiger partial charge is 0.129 e. The minimum Gasteiger partial charge on any atom is -0.385 e. The molecule has 1 aliphatic rings. The van der Waals surface area contributed by atoms with Crippen LogP contribution in [0, 0.1) is 5.82 Å². The van der Waals surface area contributed by atoms with Crippen LogP contribution in [0.25, 0.3) is 0 Å². The molecular formula is C13H16BrFO2. The minimum absolute atomic E-state index is 0.00660. The third-order valence-electron chi connectivity index (χ3n) is 3.32. The summed E-state index contributed by atoms with van der Waals surface area (Å²) in [6, 6.07) is 4.68. The van der Waals surface area contributed by atoms with Crippen molar-refractivity contribution >= 4 is 15.9 Å². The Morgan fingerprint density at radius 2 is 2.35 bits per heavy atom. The maximum Gasteiger partial charge on any atom is 0.129 e. The fraction of sp³-hybridized carbons (Fsp3) is 0.538. The van der Waals surface area contributed by atoms with Crippen LogP contribution < -0.4 is 0 Å². The lowest BCUT2D eigenvalue weighted by molar-refractivity contribution is -0.110. The van der Waals surface area contributed by atoms with Crippen molar-refractivity contribution in [2.45, 2.75) is 37.9 Å². The first-order valence-electron chi connectivity index (χ1n) is 5.84. The van der Waals surface area contributed by atoms with E-state index in [-0.39, 0.29) is 11.9 Å². The van der Waals surface area contributed by atoms with Gasteiger partial charge in [-0.25, -0.2) is 4.39 Å². The Morgan fingerprint density at radius 1 is 1.59 bits per heavy atom.